The van der Waals surface area contributed by atoms with E-state index in [1.54, 1.807) is 0 Å². The highest BCUT2D eigenvalue weighted by atomic mass is 32.1. The van der Waals surface area contributed by atoms with Gasteiger partial charge in [0.25, 0.3) is 5.56 Å². The van der Waals surface area contributed by atoms with Crippen LogP contribution in [0.25, 0.3) is 10.2 Å². The van der Waals surface area contributed by atoms with Crippen molar-refractivity contribution in [3.8, 4) is 0 Å². The molecule has 0 spiro atoms. The summed E-state index contributed by atoms with van der Waals surface area (Å²) in [6.07, 6.45) is 3.03. The molecule has 0 atom stereocenters. The fourth-order valence-corrected chi connectivity index (χ4v) is 3.60. The minimum atomic E-state index is -0.202. The fraction of sp³-hybridized carbons (Fsp3) is 0.350. The molecule has 2 aromatic heterocycles. The van der Waals surface area contributed by atoms with E-state index in [9.17, 15) is 9.59 Å². The lowest BCUT2D eigenvalue weighted by molar-refractivity contribution is -0.121. The van der Waals surface area contributed by atoms with E-state index in [2.05, 4.69) is 10.3 Å². The van der Waals surface area contributed by atoms with E-state index in [-0.39, 0.29) is 18.0 Å². The van der Waals surface area contributed by atoms with Gasteiger partial charge in [0, 0.05) is 18.0 Å². The number of nitrogens with zero attached hydrogens (tertiary/aromatic N) is 2. The summed E-state index contributed by atoms with van der Waals surface area (Å²) in [5.41, 5.74) is 0.959. The fourth-order valence-electron chi connectivity index (χ4n) is 2.67. The second-order valence-corrected chi connectivity index (χ2v) is 7.32. The number of thiophene rings is 1. The molecular weight excluding hydrogens is 362 g/mol. The molecule has 0 unspecified atom stereocenters. The molecule has 1 aromatic carbocycles. The van der Waals surface area contributed by atoms with Crippen LogP contribution in [0.15, 0.2) is 47.5 Å². The Labute approximate surface area is 161 Å². The monoisotopic (exact) mass is 385 g/mol. The molecule has 0 bridgehead atoms. The lowest BCUT2D eigenvalue weighted by Gasteiger charge is -2.08. The number of hydrogen-bond donors (Lipinski definition) is 1. The van der Waals surface area contributed by atoms with Crippen LogP contribution < -0.4 is 10.9 Å². The van der Waals surface area contributed by atoms with Gasteiger partial charge in [0.2, 0.25) is 5.91 Å². The van der Waals surface area contributed by atoms with Gasteiger partial charge >= 0.3 is 0 Å². The van der Waals surface area contributed by atoms with Crippen LogP contribution in [-0.4, -0.2) is 28.6 Å². The second-order valence-electron chi connectivity index (χ2n) is 6.20. The van der Waals surface area contributed by atoms with Gasteiger partial charge in [-0.15, -0.1) is 11.3 Å². The summed E-state index contributed by atoms with van der Waals surface area (Å²) < 4.78 is 6.94. The van der Waals surface area contributed by atoms with Crippen molar-refractivity contribution in [3.63, 3.8) is 0 Å². The van der Waals surface area contributed by atoms with Crippen molar-refractivity contribution in [1.29, 1.82) is 0 Å². The Kier molecular flexibility index (Phi) is 6.73. The van der Waals surface area contributed by atoms with E-state index in [0.29, 0.717) is 25.1 Å². The Balaban J connectivity index is 1.42. The number of carbonyl (C=O) groups is 1. The molecule has 3 rings (SSSR count). The summed E-state index contributed by atoms with van der Waals surface area (Å²) in [5.74, 6) is -0.202. The first-order valence-corrected chi connectivity index (χ1v) is 9.85. The molecular formula is C20H23N3O3S. The maximum Gasteiger partial charge on any atom is 0.262 e. The van der Waals surface area contributed by atoms with Gasteiger partial charge in [0.15, 0.2) is 0 Å². The molecule has 6 nitrogen and oxygen atoms in total. The zero-order chi connectivity index (χ0) is 19.1. The predicted molar refractivity (Wildman–Crippen MR) is 107 cm³/mol. The van der Waals surface area contributed by atoms with E-state index in [1.165, 1.54) is 22.2 Å². The molecule has 3 aromatic rings. The summed E-state index contributed by atoms with van der Waals surface area (Å²) in [7, 11) is 0. The number of aryl methyl sites for hydroxylation is 1. The van der Waals surface area contributed by atoms with Crippen molar-refractivity contribution in [1.82, 2.24) is 14.9 Å². The van der Waals surface area contributed by atoms with Gasteiger partial charge in [-0.1, -0.05) is 37.3 Å². The molecule has 1 amide bonds. The van der Waals surface area contributed by atoms with E-state index >= 15 is 0 Å². The Morgan fingerprint density at radius 1 is 1.30 bits per heavy atom. The third kappa shape index (κ3) is 5.24. The summed E-state index contributed by atoms with van der Waals surface area (Å²) in [4.78, 5) is 30.7. The first-order chi connectivity index (χ1) is 13.2. The lowest BCUT2D eigenvalue weighted by atomic mass is 10.2. The van der Waals surface area contributed by atoms with Gasteiger partial charge in [-0.2, -0.15) is 0 Å². The van der Waals surface area contributed by atoms with Gasteiger partial charge in [-0.3, -0.25) is 14.2 Å². The molecule has 142 valence electrons. The number of carbonyl (C=O) groups excluding carboxylic acids is 1. The van der Waals surface area contributed by atoms with Crippen LogP contribution in [0.5, 0.6) is 0 Å². The number of fused-ring (bicyclic) bond motifs is 1. The van der Waals surface area contributed by atoms with Crippen LogP contribution >= 0.6 is 11.3 Å². The normalized spacial score (nSPS) is 11.0. The summed E-state index contributed by atoms with van der Waals surface area (Å²) in [5, 5.41) is 3.40. The van der Waals surface area contributed by atoms with E-state index < -0.39 is 0 Å². The highest BCUT2D eigenvalue weighted by Gasteiger charge is 2.10. The third-order valence-corrected chi connectivity index (χ3v) is 5.32. The molecule has 0 fully saturated rings. The van der Waals surface area contributed by atoms with Crippen molar-refractivity contribution < 1.29 is 9.53 Å². The Morgan fingerprint density at radius 3 is 2.89 bits per heavy atom. The highest BCUT2D eigenvalue weighted by molar-refractivity contribution is 7.18. The molecule has 0 saturated heterocycles. The van der Waals surface area contributed by atoms with Crippen LogP contribution in [0.2, 0.25) is 0 Å². The molecule has 27 heavy (non-hydrogen) atoms. The topological polar surface area (TPSA) is 73.2 Å². The Bertz CT molecular complexity index is 950. The maximum atomic E-state index is 12.5. The average molecular weight is 385 g/mol. The van der Waals surface area contributed by atoms with Crippen molar-refractivity contribution in [2.24, 2.45) is 0 Å². The Hall–Kier alpha value is -2.51. The van der Waals surface area contributed by atoms with Gasteiger partial charge in [0.05, 0.1) is 18.3 Å². The number of hydrogen-bond acceptors (Lipinski definition) is 5. The van der Waals surface area contributed by atoms with Gasteiger partial charge in [-0.25, -0.2) is 4.98 Å². The minimum Gasteiger partial charge on any atom is -0.377 e. The summed E-state index contributed by atoms with van der Waals surface area (Å²) in [6.45, 7) is 3.66. The third-order valence-electron chi connectivity index (χ3n) is 4.13. The smallest absolute Gasteiger partial charge is 0.262 e. The van der Waals surface area contributed by atoms with Gasteiger partial charge in [0.1, 0.15) is 11.4 Å². The predicted octanol–water partition coefficient (Wildman–Crippen LogP) is 2.74. The zero-order valence-corrected chi connectivity index (χ0v) is 16.1. The van der Waals surface area contributed by atoms with E-state index in [1.807, 2.05) is 43.3 Å². The number of benzene rings is 1. The van der Waals surface area contributed by atoms with Crippen LogP contribution in [-0.2, 0) is 29.1 Å². The molecule has 0 aliphatic carbocycles. The van der Waals surface area contributed by atoms with Crippen molar-refractivity contribution in [3.05, 3.63) is 63.5 Å². The Morgan fingerprint density at radius 2 is 2.11 bits per heavy atom. The summed E-state index contributed by atoms with van der Waals surface area (Å²) >= 11 is 1.52. The van der Waals surface area contributed by atoms with E-state index in [0.717, 1.165) is 28.1 Å². The largest absolute Gasteiger partial charge is 0.377 e. The number of amides is 1. The quantitative estimate of drug-likeness (QED) is 0.575. The van der Waals surface area contributed by atoms with Crippen molar-refractivity contribution in [2.45, 2.75) is 32.9 Å². The van der Waals surface area contributed by atoms with Crippen LogP contribution in [0, 0.1) is 0 Å². The first kappa shape index (κ1) is 19.3. The van der Waals surface area contributed by atoms with Crippen LogP contribution in [0.3, 0.4) is 0 Å². The highest BCUT2D eigenvalue weighted by Crippen LogP contribution is 2.20. The first-order valence-electron chi connectivity index (χ1n) is 9.03. The number of rotatable bonds is 9. The van der Waals surface area contributed by atoms with Crippen LogP contribution in [0.1, 0.15) is 23.8 Å². The van der Waals surface area contributed by atoms with E-state index in [4.69, 9.17) is 4.74 Å². The van der Waals surface area contributed by atoms with Crippen molar-refractivity contribution in [2.75, 3.05) is 13.2 Å². The number of nitrogens with one attached hydrogen (secondary N) is 1. The zero-order valence-electron chi connectivity index (χ0n) is 15.3. The van der Waals surface area contributed by atoms with Gasteiger partial charge < -0.3 is 10.1 Å². The number of aromatic nitrogens is 2. The van der Waals surface area contributed by atoms with Crippen LogP contribution in [0.4, 0.5) is 0 Å². The van der Waals surface area contributed by atoms with Crippen molar-refractivity contribution >= 4 is 27.5 Å². The van der Waals surface area contributed by atoms with Gasteiger partial charge in [-0.05, 0) is 24.5 Å². The molecule has 0 saturated carbocycles. The maximum absolute atomic E-state index is 12.5. The standard InChI is InChI=1S/C20H23N3O3S/c1-2-16-11-17-19(27-16)22-14-23(20(17)25)12-18(24)21-9-6-10-26-13-15-7-4-3-5-8-15/h3-5,7-8,11,14H,2,6,9-10,12-13H2,1H3,(H,21,24). The molecule has 1 N–H and O–H groups in total. The second kappa shape index (κ2) is 9.43. The summed E-state index contributed by atoms with van der Waals surface area (Å²) in [6, 6.07) is 11.8. The molecule has 2 heterocycles. The molecule has 0 aliphatic rings. The molecule has 7 heteroatoms. The lowest BCUT2D eigenvalue weighted by Crippen LogP contribution is -2.33. The molecule has 0 aliphatic heterocycles. The number of ether oxygens (including phenoxy) is 1. The SMILES string of the molecule is CCc1cc2c(=O)n(CC(=O)NCCCOCc3ccccc3)cnc2s1. The minimum absolute atomic E-state index is 0.0239. The average Bonchev–Trinajstić information content (AvgIpc) is 3.12. The molecule has 0 radical (unpaired) electrons.